The van der Waals surface area contributed by atoms with Gasteiger partial charge in [0.2, 0.25) is 0 Å². The standard InChI is InChI=1S/C8H13O2.3C4H9.Sn/c1-2-6-9-8-5-3-4-7-10-8;3*1-3-4-2;/h8H,1,3-7H2;3*1,3-4H2,2H3;. The summed E-state index contributed by atoms with van der Waals surface area (Å²) in [6.07, 6.45) is 11.7. The van der Waals surface area contributed by atoms with E-state index in [1.807, 2.05) is 0 Å². The first-order chi connectivity index (χ1) is 11.2. The summed E-state index contributed by atoms with van der Waals surface area (Å²) in [6.45, 7) is 13.2. The predicted molar refractivity (Wildman–Crippen MR) is 104 cm³/mol. The van der Waals surface area contributed by atoms with E-state index in [0.29, 0.717) is 0 Å². The van der Waals surface area contributed by atoms with Crippen molar-refractivity contribution in [2.24, 2.45) is 0 Å². The van der Waals surface area contributed by atoms with Gasteiger partial charge in [0.15, 0.2) is 0 Å². The van der Waals surface area contributed by atoms with Gasteiger partial charge in [0.25, 0.3) is 0 Å². The molecule has 0 bridgehead atoms. The average Bonchev–Trinajstić information content (AvgIpc) is 2.60. The van der Waals surface area contributed by atoms with E-state index in [-0.39, 0.29) is 6.29 Å². The quantitative estimate of drug-likeness (QED) is 0.311. The molecule has 0 aromatic rings. The molecule has 0 aliphatic carbocycles. The van der Waals surface area contributed by atoms with E-state index in [4.69, 9.17) is 9.47 Å². The van der Waals surface area contributed by atoms with Crippen molar-refractivity contribution >= 4 is 18.4 Å². The summed E-state index contributed by atoms with van der Waals surface area (Å²) in [7, 11) is 0. The van der Waals surface area contributed by atoms with Gasteiger partial charge in [0.1, 0.15) is 0 Å². The zero-order valence-electron chi connectivity index (χ0n) is 16.0. The van der Waals surface area contributed by atoms with Gasteiger partial charge in [0.05, 0.1) is 0 Å². The van der Waals surface area contributed by atoms with Crippen molar-refractivity contribution in [2.45, 2.75) is 98.2 Å². The second-order valence-electron chi connectivity index (χ2n) is 7.30. The Morgan fingerprint density at radius 2 is 1.57 bits per heavy atom. The van der Waals surface area contributed by atoms with Crippen molar-refractivity contribution in [2.75, 3.05) is 13.2 Å². The Hall–Kier alpha value is 0.459. The fourth-order valence-electron chi connectivity index (χ4n) is 3.64. The van der Waals surface area contributed by atoms with Gasteiger partial charge in [-0.3, -0.25) is 0 Å². The van der Waals surface area contributed by atoms with E-state index in [1.165, 1.54) is 68.3 Å². The van der Waals surface area contributed by atoms with Gasteiger partial charge in [-0.15, -0.1) is 0 Å². The SMILES string of the molecule is C=[C](COC1CCCCO1)[Sn]([CH2]CCC)([CH2]CCC)[CH2]CCC. The normalized spacial score (nSPS) is 19.0. The molecule has 136 valence electrons. The van der Waals surface area contributed by atoms with Crippen molar-refractivity contribution in [1.29, 1.82) is 0 Å². The fraction of sp³-hybridized carbons (Fsp3) is 0.900. The zero-order valence-corrected chi connectivity index (χ0v) is 18.9. The van der Waals surface area contributed by atoms with Crippen LogP contribution in [0, 0.1) is 0 Å². The average molecular weight is 431 g/mol. The molecule has 1 atom stereocenters. The van der Waals surface area contributed by atoms with Crippen LogP contribution in [0.3, 0.4) is 0 Å². The Labute approximate surface area is 149 Å². The van der Waals surface area contributed by atoms with Gasteiger partial charge in [-0.1, -0.05) is 0 Å². The molecule has 1 saturated heterocycles. The van der Waals surface area contributed by atoms with Gasteiger partial charge < -0.3 is 0 Å². The second kappa shape index (κ2) is 12.8. The molecule has 2 nitrogen and oxygen atoms in total. The minimum atomic E-state index is -2.30. The van der Waals surface area contributed by atoms with E-state index < -0.39 is 18.4 Å². The molecule has 0 aromatic heterocycles. The van der Waals surface area contributed by atoms with Crippen LogP contribution in [0.5, 0.6) is 0 Å². The van der Waals surface area contributed by atoms with Gasteiger partial charge in [0, 0.05) is 0 Å². The van der Waals surface area contributed by atoms with Gasteiger partial charge >= 0.3 is 149 Å². The maximum atomic E-state index is 6.12. The van der Waals surface area contributed by atoms with Crippen LogP contribution in [0.25, 0.3) is 0 Å². The molecular formula is C20H40O2Sn. The van der Waals surface area contributed by atoms with E-state index in [1.54, 1.807) is 0 Å². The third kappa shape index (κ3) is 7.92. The summed E-state index contributed by atoms with van der Waals surface area (Å²) < 4.78 is 17.9. The second-order valence-corrected chi connectivity index (χ2v) is 20.9. The van der Waals surface area contributed by atoms with Crippen LogP contribution in [0.1, 0.15) is 78.6 Å². The van der Waals surface area contributed by atoms with Crippen molar-refractivity contribution in [1.82, 2.24) is 0 Å². The first kappa shape index (κ1) is 21.5. The molecule has 23 heavy (non-hydrogen) atoms. The Balaban J connectivity index is 2.65. The predicted octanol–water partition coefficient (Wildman–Crippen LogP) is 6.47. The van der Waals surface area contributed by atoms with Crippen molar-refractivity contribution in [3.63, 3.8) is 0 Å². The first-order valence-corrected chi connectivity index (χ1v) is 17.6. The zero-order chi connectivity index (χ0) is 17.0. The number of rotatable bonds is 13. The molecule has 1 rings (SSSR count). The first-order valence-electron chi connectivity index (χ1n) is 10.1. The molecule has 0 amide bonds. The molecule has 0 saturated carbocycles. The van der Waals surface area contributed by atoms with Gasteiger partial charge in [-0.25, -0.2) is 0 Å². The molecule has 1 unspecified atom stereocenters. The Morgan fingerprint density at radius 3 is 2.00 bits per heavy atom. The van der Waals surface area contributed by atoms with Crippen LogP contribution in [-0.2, 0) is 9.47 Å². The van der Waals surface area contributed by atoms with Crippen molar-refractivity contribution < 1.29 is 9.47 Å². The van der Waals surface area contributed by atoms with Crippen molar-refractivity contribution in [3.8, 4) is 0 Å². The van der Waals surface area contributed by atoms with Crippen molar-refractivity contribution in [3.05, 3.63) is 10.2 Å². The van der Waals surface area contributed by atoms with Crippen LogP contribution in [0.2, 0.25) is 13.3 Å². The minimum absolute atomic E-state index is 0.0352. The van der Waals surface area contributed by atoms with E-state index >= 15 is 0 Å². The molecule has 1 heterocycles. The maximum absolute atomic E-state index is 6.12. The van der Waals surface area contributed by atoms with Gasteiger partial charge in [-0.2, -0.15) is 0 Å². The summed E-state index contributed by atoms with van der Waals surface area (Å²) in [6, 6.07) is 0. The third-order valence-electron chi connectivity index (χ3n) is 5.36. The summed E-state index contributed by atoms with van der Waals surface area (Å²) in [4.78, 5) is 0. The summed E-state index contributed by atoms with van der Waals surface area (Å²) in [5, 5.41) is 0. The van der Waals surface area contributed by atoms with Crippen LogP contribution in [0.15, 0.2) is 10.2 Å². The number of ether oxygens (including phenoxy) is 2. The molecule has 1 aliphatic heterocycles. The Kier molecular flexibility index (Phi) is 11.9. The molecule has 0 radical (unpaired) electrons. The van der Waals surface area contributed by atoms with E-state index in [2.05, 4.69) is 27.4 Å². The van der Waals surface area contributed by atoms with Crippen LogP contribution < -0.4 is 0 Å². The molecule has 0 spiro atoms. The summed E-state index contributed by atoms with van der Waals surface area (Å²) in [5.74, 6) is 0. The Bertz CT molecular complexity index is 289. The topological polar surface area (TPSA) is 18.5 Å². The monoisotopic (exact) mass is 432 g/mol. The van der Waals surface area contributed by atoms with E-state index in [0.717, 1.165) is 19.6 Å². The van der Waals surface area contributed by atoms with E-state index in [9.17, 15) is 0 Å². The van der Waals surface area contributed by atoms with Crippen LogP contribution in [-0.4, -0.2) is 37.9 Å². The summed E-state index contributed by atoms with van der Waals surface area (Å²) >= 11 is -2.30. The fourth-order valence-corrected chi connectivity index (χ4v) is 18.7. The number of unbranched alkanes of at least 4 members (excludes halogenated alkanes) is 3. The van der Waals surface area contributed by atoms with Gasteiger partial charge in [-0.05, 0) is 0 Å². The molecule has 3 heteroatoms. The molecular weight excluding hydrogens is 391 g/mol. The van der Waals surface area contributed by atoms with Crippen LogP contribution >= 0.6 is 0 Å². The number of hydrogen-bond donors (Lipinski definition) is 0. The number of hydrogen-bond acceptors (Lipinski definition) is 2. The molecule has 1 aliphatic rings. The molecule has 0 aromatic carbocycles. The van der Waals surface area contributed by atoms with Crippen LogP contribution in [0.4, 0.5) is 0 Å². The molecule has 0 N–H and O–H groups in total. The molecule has 1 fully saturated rings. The Morgan fingerprint density at radius 1 is 1.00 bits per heavy atom. The summed E-state index contributed by atoms with van der Waals surface area (Å²) in [5.41, 5.74) is 0. The third-order valence-corrected chi connectivity index (χ3v) is 21.3.